The topological polar surface area (TPSA) is 55.1 Å². The monoisotopic (exact) mass is 250 g/mol. The zero-order valence-electron chi connectivity index (χ0n) is 10.4. The minimum Gasteiger partial charge on any atom is -0.355 e. The number of nitrogens with one attached hydrogen (secondary N) is 1. The Morgan fingerprint density at radius 1 is 1.39 bits per heavy atom. The Bertz CT molecular complexity index is 401. The van der Waals surface area contributed by atoms with Gasteiger partial charge in [0.15, 0.2) is 0 Å². The highest BCUT2D eigenvalue weighted by Gasteiger charge is 2.28. The lowest BCUT2D eigenvalue weighted by atomic mass is 10.1. The average molecular weight is 250 g/mol. The van der Waals surface area contributed by atoms with Gasteiger partial charge in [-0.1, -0.05) is 12.1 Å². The van der Waals surface area contributed by atoms with E-state index >= 15 is 0 Å². The van der Waals surface area contributed by atoms with Gasteiger partial charge in [0.2, 0.25) is 5.91 Å². The van der Waals surface area contributed by atoms with Gasteiger partial charge in [-0.3, -0.25) is 4.79 Å². The zero-order valence-corrected chi connectivity index (χ0v) is 10.4. The van der Waals surface area contributed by atoms with Crippen LogP contribution in [0.5, 0.6) is 0 Å². The highest BCUT2D eigenvalue weighted by atomic mass is 19.1. The molecule has 0 saturated heterocycles. The van der Waals surface area contributed by atoms with Crippen molar-refractivity contribution in [2.24, 2.45) is 11.7 Å². The number of hydrogen-bond donors (Lipinski definition) is 2. The van der Waals surface area contributed by atoms with Crippen molar-refractivity contribution in [2.75, 3.05) is 6.54 Å². The van der Waals surface area contributed by atoms with Crippen LogP contribution in [0.15, 0.2) is 24.3 Å². The number of aryl methyl sites for hydroxylation is 1. The van der Waals surface area contributed by atoms with E-state index in [1.165, 1.54) is 25.0 Å². The summed E-state index contributed by atoms with van der Waals surface area (Å²) in [6.45, 7) is 0.562. The van der Waals surface area contributed by atoms with Crippen molar-refractivity contribution >= 4 is 5.91 Å². The van der Waals surface area contributed by atoms with Gasteiger partial charge in [-0.2, -0.15) is 0 Å². The summed E-state index contributed by atoms with van der Waals surface area (Å²) in [6.07, 6.45) is 3.42. The van der Waals surface area contributed by atoms with Crippen molar-refractivity contribution in [2.45, 2.75) is 31.7 Å². The second kappa shape index (κ2) is 5.96. The molecule has 1 amide bonds. The fourth-order valence-corrected chi connectivity index (χ4v) is 1.92. The molecule has 2 rings (SSSR count). The molecular weight excluding hydrogens is 231 g/mol. The second-order valence-corrected chi connectivity index (χ2v) is 4.93. The molecule has 98 valence electrons. The Hall–Kier alpha value is -1.42. The first-order valence-electron chi connectivity index (χ1n) is 6.42. The molecule has 3 nitrogen and oxygen atoms in total. The largest absolute Gasteiger partial charge is 0.355 e. The van der Waals surface area contributed by atoms with Gasteiger partial charge >= 0.3 is 0 Å². The molecule has 0 aromatic heterocycles. The molecule has 0 heterocycles. The van der Waals surface area contributed by atoms with E-state index in [2.05, 4.69) is 5.32 Å². The summed E-state index contributed by atoms with van der Waals surface area (Å²) in [7, 11) is 0. The smallest absolute Gasteiger partial charge is 0.220 e. The van der Waals surface area contributed by atoms with Gasteiger partial charge in [-0.15, -0.1) is 0 Å². The molecule has 1 aromatic rings. The molecule has 1 fully saturated rings. The number of benzene rings is 1. The fraction of sp³-hybridized carbons (Fsp3) is 0.500. The normalized spacial score (nSPS) is 16.3. The van der Waals surface area contributed by atoms with Crippen molar-refractivity contribution in [1.29, 1.82) is 0 Å². The predicted octanol–water partition coefficient (Wildman–Crippen LogP) is 1.61. The van der Waals surface area contributed by atoms with Crippen LogP contribution in [0.1, 0.15) is 24.8 Å². The summed E-state index contributed by atoms with van der Waals surface area (Å²) >= 11 is 0. The molecule has 1 atom stereocenters. The van der Waals surface area contributed by atoms with Gasteiger partial charge in [0, 0.05) is 19.0 Å². The van der Waals surface area contributed by atoms with Crippen LogP contribution in [0.4, 0.5) is 4.39 Å². The fourth-order valence-electron chi connectivity index (χ4n) is 1.92. The van der Waals surface area contributed by atoms with Crippen LogP contribution in [0, 0.1) is 11.7 Å². The molecule has 0 bridgehead atoms. The molecule has 4 heteroatoms. The average Bonchev–Trinajstić information content (AvgIpc) is 3.19. The van der Waals surface area contributed by atoms with Gasteiger partial charge in [-0.05, 0) is 42.9 Å². The van der Waals surface area contributed by atoms with Gasteiger partial charge in [0.05, 0.1) is 0 Å². The Kier molecular flexibility index (Phi) is 4.31. The standard InChI is InChI=1S/C14H19FN2O/c15-12-6-1-10(2-7-12)3-8-14(18)17-9-13(16)11-4-5-11/h1-2,6-7,11,13H,3-5,8-9,16H2,(H,17,18). The molecule has 1 saturated carbocycles. The SMILES string of the molecule is NC(CNC(=O)CCc1ccc(F)cc1)C1CC1. The minimum atomic E-state index is -0.251. The van der Waals surface area contributed by atoms with Crippen molar-refractivity contribution < 1.29 is 9.18 Å². The van der Waals surface area contributed by atoms with Gasteiger partial charge in [0.25, 0.3) is 0 Å². The van der Waals surface area contributed by atoms with E-state index in [4.69, 9.17) is 5.73 Å². The molecule has 18 heavy (non-hydrogen) atoms. The van der Waals surface area contributed by atoms with E-state index in [0.29, 0.717) is 25.3 Å². The number of rotatable bonds is 6. The van der Waals surface area contributed by atoms with E-state index in [1.807, 2.05) is 0 Å². The van der Waals surface area contributed by atoms with Gasteiger partial charge in [-0.25, -0.2) is 4.39 Å². The van der Waals surface area contributed by atoms with Crippen molar-refractivity contribution in [3.8, 4) is 0 Å². The first-order chi connectivity index (χ1) is 8.65. The third-order valence-corrected chi connectivity index (χ3v) is 3.32. The summed E-state index contributed by atoms with van der Waals surface area (Å²) in [5.41, 5.74) is 6.87. The lowest BCUT2D eigenvalue weighted by Crippen LogP contribution is -2.38. The summed E-state index contributed by atoms with van der Waals surface area (Å²) in [4.78, 5) is 11.6. The molecule has 1 unspecified atom stereocenters. The van der Waals surface area contributed by atoms with Crippen molar-refractivity contribution in [1.82, 2.24) is 5.32 Å². The van der Waals surface area contributed by atoms with Gasteiger partial charge in [0.1, 0.15) is 5.82 Å². The molecule has 0 aliphatic heterocycles. The first-order valence-corrected chi connectivity index (χ1v) is 6.42. The van der Waals surface area contributed by atoms with E-state index in [-0.39, 0.29) is 17.8 Å². The number of hydrogen-bond acceptors (Lipinski definition) is 2. The van der Waals surface area contributed by atoms with E-state index < -0.39 is 0 Å². The Morgan fingerprint density at radius 3 is 2.67 bits per heavy atom. The number of carbonyl (C=O) groups excluding carboxylic acids is 1. The van der Waals surface area contributed by atoms with Crippen LogP contribution in [-0.2, 0) is 11.2 Å². The third-order valence-electron chi connectivity index (χ3n) is 3.32. The van der Waals surface area contributed by atoms with Crippen LogP contribution < -0.4 is 11.1 Å². The van der Waals surface area contributed by atoms with Crippen molar-refractivity contribution in [3.05, 3.63) is 35.6 Å². The van der Waals surface area contributed by atoms with Crippen LogP contribution >= 0.6 is 0 Å². The molecule has 0 radical (unpaired) electrons. The summed E-state index contributed by atoms with van der Waals surface area (Å²) in [6, 6.07) is 6.34. The maximum atomic E-state index is 12.7. The lowest BCUT2D eigenvalue weighted by Gasteiger charge is -2.11. The lowest BCUT2D eigenvalue weighted by molar-refractivity contribution is -0.121. The minimum absolute atomic E-state index is 0.00965. The quantitative estimate of drug-likeness (QED) is 0.806. The molecule has 0 spiro atoms. The molecule has 1 aliphatic carbocycles. The van der Waals surface area contributed by atoms with Crippen LogP contribution in [-0.4, -0.2) is 18.5 Å². The van der Waals surface area contributed by atoms with Crippen LogP contribution in [0.3, 0.4) is 0 Å². The molecular formula is C14H19FN2O. The van der Waals surface area contributed by atoms with E-state index in [9.17, 15) is 9.18 Å². The summed E-state index contributed by atoms with van der Waals surface area (Å²) < 4.78 is 12.7. The molecule has 3 N–H and O–H groups in total. The number of halogens is 1. The van der Waals surface area contributed by atoms with Crippen LogP contribution in [0.2, 0.25) is 0 Å². The number of nitrogens with two attached hydrogens (primary N) is 1. The van der Waals surface area contributed by atoms with E-state index in [1.54, 1.807) is 12.1 Å². The maximum Gasteiger partial charge on any atom is 0.220 e. The Balaban J connectivity index is 1.66. The van der Waals surface area contributed by atoms with Crippen molar-refractivity contribution in [3.63, 3.8) is 0 Å². The Labute approximate surface area is 107 Å². The first kappa shape index (κ1) is 13.0. The van der Waals surface area contributed by atoms with Gasteiger partial charge < -0.3 is 11.1 Å². The molecule has 1 aromatic carbocycles. The van der Waals surface area contributed by atoms with E-state index in [0.717, 1.165) is 5.56 Å². The molecule has 1 aliphatic rings. The number of amides is 1. The second-order valence-electron chi connectivity index (χ2n) is 4.93. The van der Waals surface area contributed by atoms with Crippen LogP contribution in [0.25, 0.3) is 0 Å². The predicted molar refractivity (Wildman–Crippen MR) is 68.4 cm³/mol. The highest BCUT2D eigenvalue weighted by Crippen LogP contribution is 2.31. The third kappa shape index (κ3) is 4.11. The zero-order chi connectivity index (χ0) is 13.0. The highest BCUT2D eigenvalue weighted by molar-refractivity contribution is 5.76. The maximum absolute atomic E-state index is 12.7. The Morgan fingerprint density at radius 2 is 2.06 bits per heavy atom. The summed E-state index contributed by atoms with van der Waals surface area (Å²) in [5.74, 6) is 0.358. The number of carbonyl (C=O) groups is 1. The summed E-state index contributed by atoms with van der Waals surface area (Å²) in [5, 5.41) is 2.85.